The van der Waals surface area contributed by atoms with Gasteiger partial charge in [0.1, 0.15) is 5.71 Å². The van der Waals surface area contributed by atoms with Gasteiger partial charge < -0.3 is 0 Å². The van der Waals surface area contributed by atoms with Crippen LogP contribution in [0.25, 0.3) is 0 Å². The molecule has 3 rings (SSSR count). The Morgan fingerprint density at radius 3 is 1.56 bits per heavy atom. The Bertz CT molecular complexity index is 904. The number of carbonyl (C=O) groups excluding carboxylic acids is 1. The zero-order chi connectivity index (χ0) is 17.5. The third kappa shape index (κ3) is 4.28. The van der Waals surface area contributed by atoms with Crippen molar-refractivity contribution in [1.82, 2.24) is 0 Å². The number of hydrogen-bond donors (Lipinski definition) is 0. The maximum atomic E-state index is 12.9. The molecule has 0 aliphatic carbocycles. The molecule has 0 fully saturated rings. The van der Waals surface area contributed by atoms with Crippen LogP contribution in [0.1, 0.15) is 21.5 Å². The number of hydrogen-bond acceptors (Lipinski definition) is 3. The average molecular weight is 347 g/mol. The van der Waals surface area contributed by atoms with Crippen LogP contribution in [0.15, 0.2) is 101 Å². The van der Waals surface area contributed by atoms with E-state index in [1.165, 1.54) is 0 Å². The maximum Gasteiger partial charge on any atom is 0.213 e. The van der Waals surface area contributed by atoms with Crippen LogP contribution in [0.3, 0.4) is 0 Å². The lowest BCUT2D eigenvalue weighted by atomic mass is 10.0. The number of benzene rings is 3. The summed E-state index contributed by atoms with van der Waals surface area (Å²) in [6.07, 6.45) is 0. The fourth-order valence-electron chi connectivity index (χ4n) is 2.28. The molecule has 0 atom stereocenters. The summed E-state index contributed by atoms with van der Waals surface area (Å²) in [7, 11) is 0. The fourth-order valence-corrected chi connectivity index (χ4v) is 2.45. The predicted molar refractivity (Wildman–Crippen MR) is 103 cm³/mol. The molecular weight excluding hydrogens is 332 g/mol. The Labute approximate surface area is 151 Å². The van der Waals surface area contributed by atoms with E-state index in [0.717, 1.165) is 5.56 Å². The number of carbonyl (C=O) groups is 1. The van der Waals surface area contributed by atoms with Crippen molar-refractivity contribution in [2.75, 3.05) is 0 Å². The van der Waals surface area contributed by atoms with Gasteiger partial charge in [-0.2, -0.15) is 0 Å². The number of Topliss-reactive ketones (excluding diaryl/α,β-unsaturated/α-hetero) is 1. The molecule has 25 heavy (non-hydrogen) atoms. The molecule has 0 N–H and O–H groups in total. The topological polar surface area (TPSA) is 41.8 Å². The zero-order valence-corrected chi connectivity index (χ0v) is 14.1. The van der Waals surface area contributed by atoms with Crippen LogP contribution in [0.5, 0.6) is 0 Å². The van der Waals surface area contributed by atoms with E-state index >= 15 is 0 Å². The second-order valence-electron chi connectivity index (χ2n) is 5.27. The molecule has 0 spiro atoms. The summed E-state index contributed by atoms with van der Waals surface area (Å²) >= 11 is 6.22. The maximum absolute atomic E-state index is 12.9. The monoisotopic (exact) mass is 346 g/mol. The molecule has 0 saturated carbocycles. The SMILES string of the molecule is O=C(/C(=N\N=C(/Cl)c1ccccc1)c1ccccc1)c1ccccc1. The lowest BCUT2D eigenvalue weighted by Crippen LogP contribution is -2.15. The fraction of sp³-hybridized carbons (Fsp3) is 0. The third-order valence-corrected chi connectivity index (χ3v) is 3.84. The molecule has 4 heteroatoms. The lowest BCUT2D eigenvalue weighted by Gasteiger charge is -2.05. The summed E-state index contributed by atoms with van der Waals surface area (Å²) in [5, 5.41) is 8.47. The van der Waals surface area contributed by atoms with Crippen molar-refractivity contribution in [1.29, 1.82) is 0 Å². The molecule has 0 saturated heterocycles. The van der Waals surface area contributed by atoms with E-state index in [0.29, 0.717) is 11.1 Å². The summed E-state index contributed by atoms with van der Waals surface area (Å²) in [5.74, 6) is -0.201. The van der Waals surface area contributed by atoms with E-state index < -0.39 is 0 Å². The van der Waals surface area contributed by atoms with Gasteiger partial charge in [0, 0.05) is 16.7 Å². The molecule has 3 nitrogen and oxygen atoms in total. The Morgan fingerprint density at radius 1 is 0.600 bits per heavy atom. The highest BCUT2D eigenvalue weighted by molar-refractivity contribution is 6.69. The molecule has 122 valence electrons. The summed E-state index contributed by atoms with van der Waals surface area (Å²) in [4.78, 5) is 12.9. The molecule has 3 aromatic carbocycles. The molecule has 0 aliphatic rings. The predicted octanol–water partition coefficient (Wildman–Crippen LogP) is 4.96. The number of nitrogens with zero attached hydrogens (tertiary/aromatic N) is 2. The van der Waals surface area contributed by atoms with Crippen LogP contribution in [0, 0.1) is 0 Å². The van der Waals surface area contributed by atoms with Crippen LogP contribution in [-0.4, -0.2) is 16.7 Å². The number of halogens is 1. The van der Waals surface area contributed by atoms with E-state index in [-0.39, 0.29) is 16.7 Å². The van der Waals surface area contributed by atoms with Crippen molar-refractivity contribution in [3.05, 3.63) is 108 Å². The van der Waals surface area contributed by atoms with Gasteiger partial charge in [-0.05, 0) is 0 Å². The molecule has 0 aliphatic heterocycles. The first-order valence-corrected chi connectivity index (χ1v) is 8.15. The minimum atomic E-state index is -0.201. The molecule has 0 bridgehead atoms. The van der Waals surface area contributed by atoms with Gasteiger partial charge in [0.15, 0.2) is 5.17 Å². The van der Waals surface area contributed by atoms with Crippen LogP contribution in [-0.2, 0) is 0 Å². The summed E-state index contributed by atoms with van der Waals surface area (Å²) in [6.45, 7) is 0. The van der Waals surface area contributed by atoms with Crippen LogP contribution < -0.4 is 0 Å². The van der Waals surface area contributed by atoms with Crippen molar-refractivity contribution in [3.8, 4) is 0 Å². The largest absolute Gasteiger partial charge is 0.287 e. The summed E-state index contributed by atoms with van der Waals surface area (Å²) in [6, 6.07) is 27.5. The van der Waals surface area contributed by atoms with Gasteiger partial charge in [0.2, 0.25) is 5.78 Å². The standard InChI is InChI=1S/C21H15ClN2O/c22-21(18-14-8-3-9-15-18)24-23-19(16-10-4-1-5-11-16)20(25)17-12-6-2-7-13-17/h1-15H/b23-19-,24-21-. The third-order valence-electron chi connectivity index (χ3n) is 3.55. The highest BCUT2D eigenvalue weighted by Gasteiger charge is 2.16. The first-order valence-electron chi connectivity index (χ1n) is 7.77. The minimum absolute atomic E-state index is 0.201. The molecule has 0 unspecified atom stereocenters. The van der Waals surface area contributed by atoms with Crippen molar-refractivity contribution < 1.29 is 4.79 Å². The Morgan fingerprint density at radius 2 is 1.04 bits per heavy atom. The molecule has 3 aromatic rings. The molecule has 0 amide bonds. The van der Waals surface area contributed by atoms with Gasteiger partial charge in [-0.1, -0.05) is 103 Å². The smallest absolute Gasteiger partial charge is 0.213 e. The van der Waals surface area contributed by atoms with Crippen molar-refractivity contribution in [2.45, 2.75) is 0 Å². The number of rotatable bonds is 5. The van der Waals surface area contributed by atoms with Crippen LogP contribution in [0.4, 0.5) is 0 Å². The Balaban J connectivity index is 2.01. The van der Waals surface area contributed by atoms with Gasteiger partial charge in [0.05, 0.1) is 0 Å². The van der Waals surface area contributed by atoms with Crippen molar-refractivity contribution in [3.63, 3.8) is 0 Å². The summed E-state index contributed by atoms with van der Waals surface area (Å²) in [5.41, 5.74) is 2.24. The van der Waals surface area contributed by atoms with Crippen molar-refractivity contribution in [2.24, 2.45) is 10.2 Å². The van der Waals surface area contributed by atoms with Gasteiger partial charge >= 0.3 is 0 Å². The summed E-state index contributed by atoms with van der Waals surface area (Å²) < 4.78 is 0. The second kappa shape index (κ2) is 8.18. The number of ketones is 1. The van der Waals surface area contributed by atoms with E-state index in [4.69, 9.17) is 11.6 Å². The van der Waals surface area contributed by atoms with Gasteiger partial charge in [-0.3, -0.25) is 4.79 Å². The van der Waals surface area contributed by atoms with Crippen LogP contribution in [0.2, 0.25) is 0 Å². The average Bonchev–Trinajstić information content (AvgIpc) is 2.70. The van der Waals surface area contributed by atoms with Crippen molar-refractivity contribution >= 4 is 28.3 Å². The van der Waals surface area contributed by atoms with E-state index in [1.807, 2.05) is 78.9 Å². The lowest BCUT2D eigenvalue weighted by molar-refractivity contribution is 0.106. The van der Waals surface area contributed by atoms with E-state index in [9.17, 15) is 4.79 Å². The molecule has 0 radical (unpaired) electrons. The Hall–Kier alpha value is -3.04. The van der Waals surface area contributed by atoms with E-state index in [1.54, 1.807) is 12.1 Å². The Kier molecular flexibility index (Phi) is 5.50. The molecule has 0 aromatic heterocycles. The molecular formula is C21H15ClN2O. The highest BCUT2D eigenvalue weighted by Crippen LogP contribution is 2.11. The normalized spacial score (nSPS) is 12.0. The highest BCUT2D eigenvalue weighted by atomic mass is 35.5. The van der Waals surface area contributed by atoms with Crippen LogP contribution >= 0.6 is 11.6 Å². The first-order chi connectivity index (χ1) is 12.3. The first kappa shape index (κ1) is 16.8. The van der Waals surface area contributed by atoms with Gasteiger partial charge in [-0.15, -0.1) is 10.2 Å². The van der Waals surface area contributed by atoms with Gasteiger partial charge in [-0.25, -0.2) is 0 Å². The minimum Gasteiger partial charge on any atom is -0.287 e. The van der Waals surface area contributed by atoms with Gasteiger partial charge in [0.25, 0.3) is 0 Å². The molecule has 0 heterocycles. The van der Waals surface area contributed by atoms with E-state index in [2.05, 4.69) is 10.2 Å². The zero-order valence-electron chi connectivity index (χ0n) is 13.3. The second-order valence-corrected chi connectivity index (χ2v) is 5.62. The quantitative estimate of drug-likeness (QED) is 0.366.